The lowest BCUT2D eigenvalue weighted by atomic mass is 9.92. The Morgan fingerprint density at radius 2 is 1.44 bits per heavy atom. The fourth-order valence-electron chi connectivity index (χ4n) is 6.24. The van der Waals surface area contributed by atoms with Gasteiger partial charge in [0.05, 0.1) is 54.5 Å². The van der Waals surface area contributed by atoms with Crippen molar-refractivity contribution in [3.8, 4) is 0 Å². The Balaban J connectivity index is 1.66. The lowest BCUT2D eigenvalue weighted by Crippen LogP contribution is -2.61. The molecule has 3 aromatic carbocycles. The van der Waals surface area contributed by atoms with Crippen molar-refractivity contribution in [1.29, 1.82) is 0 Å². The Morgan fingerprint density at radius 1 is 0.923 bits per heavy atom. The quantitative estimate of drug-likeness (QED) is 0.183. The zero-order valence-electron chi connectivity index (χ0n) is 20.5. The summed E-state index contributed by atoms with van der Waals surface area (Å²) in [6.45, 7) is -1.72. The van der Waals surface area contributed by atoms with Gasteiger partial charge in [-0.1, -0.05) is 36.4 Å². The van der Waals surface area contributed by atoms with E-state index in [-0.39, 0.29) is 17.7 Å². The lowest BCUT2D eigenvalue weighted by Gasteiger charge is -2.35. The van der Waals surface area contributed by atoms with Gasteiger partial charge in [-0.2, -0.15) is 0 Å². The zero-order valence-corrected chi connectivity index (χ0v) is 20.5. The number of aliphatic hydroxyl groups is 4. The van der Waals surface area contributed by atoms with E-state index in [0.717, 1.165) is 0 Å². The second-order valence-electron chi connectivity index (χ2n) is 10.2. The average molecular weight is 529 g/mol. The van der Waals surface area contributed by atoms with E-state index in [9.17, 15) is 34.8 Å². The Hall–Kier alpha value is -4.29. The number of carbonyl (C=O) groups excluding carboxylic acids is 3. The maximum atomic E-state index is 13.5. The van der Waals surface area contributed by atoms with E-state index in [1.165, 1.54) is 0 Å². The minimum Gasteiger partial charge on any atom is -0.394 e. The lowest BCUT2D eigenvalue weighted by molar-refractivity contribution is -0.158. The first-order valence-corrected chi connectivity index (χ1v) is 12.6. The minimum absolute atomic E-state index is 0.207. The monoisotopic (exact) mass is 528 g/mol. The molecule has 11 nitrogen and oxygen atoms in total. The molecule has 0 radical (unpaired) electrons. The van der Waals surface area contributed by atoms with Crippen LogP contribution in [0.3, 0.4) is 0 Å². The average Bonchev–Trinajstić information content (AvgIpc) is 3.53. The molecule has 7 rings (SSSR count). The van der Waals surface area contributed by atoms with Crippen LogP contribution in [0.2, 0.25) is 0 Å². The molecule has 0 bridgehead atoms. The van der Waals surface area contributed by atoms with Gasteiger partial charge in [-0.3, -0.25) is 19.7 Å². The van der Waals surface area contributed by atoms with Crippen molar-refractivity contribution in [3.05, 3.63) is 59.7 Å². The molecule has 0 saturated heterocycles. The van der Waals surface area contributed by atoms with Crippen LogP contribution in [0, 0.1) is 0 Å². The van der Waals surface area contributed by atoms with Gasteiger partial charge in [0.1, 0.15) is 6.10 Å². The summed E-state index contributed by atoms with van der Waals surface area (Å²) >= 11 is 0. The summed E-state index contributed by atoms with van der Waals surface area (Å²) in [5.41, 5.74) is 0.503. The normalized spacial score (nSPS) is 20.8. The maximum Gasteiger partial charge on any atom is 0.259 e. The molecule has 0 aliphatic carbocycles. The van der Waals surface area contributed by atoms with E-state index in [1.807, 2.05) is 24.3 Å². The van der Waals surface area contributed by atoms with E-state index < -0.39 is 55.2 Å². The second-order valence-corrected chi connectivity index (χ2v) is 10.2. The van der Waals surface area contributed by atoms with Gasteiger partial charge in [0.15, 0.2) is 5.60 Å². The number of aliphatic hydroxyl groups excluding tert-OH is 3. The number of para-hydroxylation sites is 2. The molecule has 3 amide bonds. The molecule has 0 spiro atoms. The molecule has 2 aliphatic rings. The largest absolute Gasteiger partial charge is 0.394 e. The van der Waals surface area contributed by atoms with Crippen LogP contribution in [0.1, 0.15) is 20.7 Å². The van der Waals surface area contributed by atoms with Crippen LogP contribution in [0.5, 0.6) is 0 Å². The molecule has 5 aromatic rings. The highest BCUT2D eigenvalue weighted by Crippen LogP contribution is 2.46. The summed E-state index contributed by atoms with van der Waals surface area (Å²) in [4.78, 5) is 39.9. The molecule has 0 saturated carbocycles. The molecule has 11 heteroatoms. The Morgan fingerprint density at radius 3 is 2.00 bits per heavy atom. The van der Waals surface area contributed by atoms with Gasteiger partial charge in [-0.15, -0.1) is 0 Å². The van der Waals surface area contributed by atoms with Gasteiger partial charge in [-0.05, 0) is 12.1 Å². The highest BCUT2D eigenvalue weighted by molar-refractivity contribution is 6.39. The van der Waals surface area contributed by atoms with Crippen molar-refractivity contribution in [2.45, 2.75) is 30.8 Å². The number of amides is 3. The topological polar surface area (TPSA) is 166 Å². The van der Waals surface area contributed by atoms with E-state index in [4.69, 9.17) is 0 Å². The molecule has 198 valence electrons. The number of imide groups is 1. The predicted octanol–water partition coefficient (Wildman–Crippen LogP) is 0.361. The second kappa shape index (κ2) is 8.10. The van der Waals surface area contributed by atoms with Crippen molar-refractivity contribution >= 4 is 61.3 Å². The Kier molecular flexibility index (Phi) is 4.95. The first kappa shape index (κ1) is 23.8. The molecule has 4 heterocycles. The number of rotatable bonds is 4. The van der Waals surface area contributed by atoms with E-state index in [2.05, 4.69) is 10.6 Å². The van der Waals surface area contributed by atoms with E-state index in [0.29, 0.717) is 43.6 Å². The number of hydrogen-bond donors (Lipinski definition) is 6. The summed E-state index contributed by atoms with van der Waals surface area (Å²) < 4.78 is 3.48. The number of carbonyl (C=O) groups is 3. The van der Waals surface area contributed by atoms with Crippen LogP contribution in [0.4, 0.5) is 0 Å². The van der Waals surface area contributed by atoms with Gasteiger partial charge in [0.25, 0.3) is 17.7 Å². The third kappa shape index (κ3) is 2.98. The van der Waals surface area contributed by atoms with Gasteiger partial charge in [0.2, 0.25) is 0 Å². The number of nitrogens with zero attached hydrogens (tertiary/aromatic N) is 2. The summed E-state index contributed by atoms with van der Waals surface area (Å²) in [6, 6.07) is 13.4. The number of benzene rings is 3. The smallest absolute Gasteiger partial charge is 0.259 e. The molecule has 39 heavy (non-hydrogen) atoms. The standard InChI is InChI=1S/C28H24N4O7/c33-10-13(11-34)29-27(38)28(39)12-32-17-8-4-2-6-15(17)20-22-21(25(36)30-26(22)37)19-14-5-1-3-7-16(14)31(9-18(28)35)23(19)24(20)32/h1-8,13,18,33-35,39H,9-12H2,(H,29,38)(H,30,36,37). The van der Waals surface area contributed by atoms with Gasteiger partial charge in [-0.25, -0.2) is 0 Å². The van der Waals surface area contributed by atoms with Gasteiger partial charge >= 0.3 is 0 Å². The summed E-state index contributed by atoms with van der Waals surface area (Å²) in [5.74, 6) is -1.99. The first-order valence-electron chi connectivity index (χ1n) is 12.6. The number of nitrogens with one attached hydrogen (secondary N) is 2. The van der Waals surface area contributed by atoms with Crippen molar-refractivity contribution in [2.75, 3.05) is 13.2 Å². The fourth-order valence-corrected chi connectivity index (χ4v) is 6.24. The third-order valence-electron chi connectivity index (χ3n) is 8.07. The van der Waals surface area contributed by atoms with Crippen LogP contribution < -0.4 is 10.6 Å². The molecule has 2 aliphatic heterocycles. The Bertz CT molecular complexity index is 1900. The molecule has 2 unspecified atom stereocenters. The first-order chi connectivity index (χ1) is 18.8. The van der Waals surface area contributed by atoms with E-state index in [1.54, 1.807) is 33.4 Å². The zero-order chi connectivity index (χ0) is 27.2. The highest BCUT2D eigenvalue weighted by atomic mass is 16.4. The summed E-state index contributed by atoms with van der Waals surface area (Å²) in [5, 5.41) is 49.7. The minimum atomic E-state index is -2.39. The highest BCUT2D eigenvalue weighted by Gasteiger charge is 2.47. The van der Waals surface area contributed by atoms with Crippen molar-refractivity contribution < 1.29 is 34.8 Å². The van der Waals surface area contributed by atoms with Crippen molar-refractivity contribution in [2.24, 2.45) is 0 Å². The van der Waals surface area contributed by atoms with Crippen LogP contribution in [0.15, 0.2) is 48.5 Å². The molecule has 6 N–H and O–H groups in total. The van der Waals surface area contributed by atoms with Crippen molar-refractivity contribution in [3.63, 3.8) is 0 Å². The predicted molar refractivity (Wildman–Crippen MR) is 141 cm³/mol. The Labute approximate surface area is 219 Å². The van der Waals surface area contributed by atoms with Crippen LogP contribution in [0.25, 0.3) is 43.6 Å². The van der Waals surface area contributed by atoms with Crippen LogP contribution in [-0.2, 0) is 17.9 Å². The van der Waals surface area contributed by atoms with Gasteiger partial charge < -0.3 is 34.9 Å². The SMILES string of the molecule is O=C1NC(=O)c2c1c1c3ccccc3n3c1c1c2c2ccccc2n1CC(O)(C(=O)NC(CO)CO)C(O)C3. The molecular weight excluding hydrogens is 504 g/mol. The molecule has 2 aromatic heterocycles. The summed E-state index contributed by atoms with van der Waals surface area (Å²) in [6.07, 6.45) is -1.62. The van der Waals surface area contributed by atoms with Gasteiger partial charge in [0, 0.05) is 32.6 Å². The maximum absolute atomic E-state index is 13.5. The number of hydrogen-bond acceptors (Lipinski definition) is 7. The number of fused-ring (bicyclic) bond motifs is 9. The summed E-state index contributed by atoms with van der Waals surface area (Å²) in [7, 11) is 0. The molecule has 0 fully saturated rings. The van der Waals surface area contributed by atoms with E-state index >= 15 is 0 Å². The molecule has 2 atom stereocenters. The van der Waals surface area contributed by atoms with Crippen LogP contribution in [-0.4, -0.2) is 78.2 Å². The fraction of sp³-hybridized carbons (Fsp3) is 0.250. The third-order valence-corrected chi connectivity index (χ3v) is 8.07. The number of aromatic nitrogens is 2. The molecular formula is C28H24N4O7. The van der Waals surface area contributed by atoms with Crippen molar-refractivity contribution in [1.82, 2.24) is 19.8 Å². The van der Waals surface area contributed by atoms with Crippen LogP contribution >= 0.6 is 0 Å².